The summed E-state index contributed by atoms with van der Waals surface area (Å²) in [4.78, 5) is 10.7. The second kappa shape index (κ2) is 5.26. The van der Waals surface area contributed by atoms with Crippen molar-refractivity contribution in [1.29, 1.82) is 0 Å². The van der Waals surface area contributed by atoms with Crippen molar-refractivity contribution in [3.05, 3.63) is 35.4 Å². The van der Waals surface area contributed by atoms with E-state index >= 15 is 0 Å². The lowest BCUT2D eigenvalue weighted by atomic mass is 9.64. The number of hydrogen-bond donors (Lipinski definition) is 0. The first-order valence-corrected chi connectivity index (χ1v) is 7.43. The lowest BCUT2D eigenvalue weighted by Gasteiger charge is -2.41. The fourth-order valence-electron chi connectivity index (χ4n) is 4.17. The van der Waals surface area contributed by atoms with Crippen LogP contribution in [-0.4, -0.2) is 6.29 Å². The van der Waals surface area contributed by atoms with E-state index in [9.17, 15) is 4.79 Å². The molecule has 0 spiro atoms. The van der Waals surface area contributed by atoms with E-state index < -0.39 is 0 Å². The second-order valence-electron chi connectivity index (χ2n) is 6.03. The van der Waals surface area contributed by atoms with Crippen LogP contribution < -0.4 is 0 Å². The van der Waals surface area contributed by atoms with Crippen molar-refractivity contribution in [3.8, 4) is 0 Å². The van der Waals surface area contributed by atoms with Gasteiger partial charge >= 0.3 is 0 Å². The number of carbonyl (C=O) groups excluding carboxylic acids is 1. The van der Waals surface area contributed by atoms with Gasteiger partial charge in [-0.1, -0.05) is 56.4 Å². The van der Waals surface area contributed by atoms with E-state index in [1.54, 1.807) is 0 Å². The first kappa shape index (κ1) is 12.0. The Labute approximate surface area is 110 Å². The number of rotatable bonds is 2. The molecule has 96 valence electrons. The Kier molecular flexibility index (Phi) is 3.49. The summed E-state index contributed by atoms with van der Waals surface area (Å²) in [5.74, 6) is 2.64. The van der Waals surface area contributed by atoms with Crippen molar-refractivity contribution in [1.82, 2.24) is 0 Å². The number of aldehydes is 1. The highest BCUT2D eigenvalue weighted by atomic mass is 16.1. The Morgan fingerprint density at radius 1 is 0.889 bits per heavy atom. The summed E-state index contributed by atoms with van der Waals surface area (Å²) in [5, 5.41) is 0. The van der Waals surface area contributed by atoms with Crippen LogP contribution in [0.2, 0.25) is 0 Å². The molecule has 0 bridgehead atoms. The zero-order chi connectivity index (χ0) is 12.4. The van der Waals surface area contributed by atoms with Crippen molar-refractivity contribution in [3.63, 3.8) is 0 Å². The van der Waals surface area contributed by atoms with E-state index in [2.05, 4.69) is 12.1 Å². The molecule has 0 N–H and O–H groups in total. The van der Waals surface area contributed by atoms with Crippen LogP contribution in [0.25, 0.3) is 0 Å². The topological polar surface area (TPSA) is 17.1 Å². The maximum atomic E-state index is 10.7. The molecular weight excluding hydrogens is 220 g/mol. The third-order valence-electron chi connectivity index (χ3n) is 5.08. The molecular formula is C17H22O. The van der Waals surface area contributed by atoms with Crippen molar-refractivity contribution in [2.45, 2.75) is 50.9 Å². The second-order valence-corrected chi connectivity index (χ2v) is 6.03. The summed E-state index contributed by atoms with van der Waals surface area (Å²) in [5.41, 5.74) is 2.27. The van der Waals surface area contributed by atoms with E-state index in [1.165, 1.54) is 50.5 Å². The Morgan fingerprint density at radius 3 is 2.39 bits per heavy atom. The van der Waals surface area contributed by atoms with Gasteiger partial charge in [-0.15, -0.1) is 0 Å². The van der Waals surface area contributed by atoms with Crippen LogP contribution in [0.1, 0.15) is 66.8 Å². The zero-order valence-electron chi connectivity index (χ0n) is 11.0. The molecule has 1 aromatic carbocycles. The van der Waals surface area contributed by atoms with Gasteiger partial charge in [0.15, 0.2) is 0 Å². The van der Waals surface area contributed by atoms with Crippen molar-refractivity contribution in [2.24, 2.45) is 11.8 Å². The van der Waals surface area contributed by atoms with Crippen molar-refractivity contribution >= 4 is 6.29 Å². The highest BCUT2D eigenvalue weighted by Crippen LogP contribution is 2.48. The van der Waals surface area contributed by atoms with E-state index in [0.29, 0.717) is 0 Å². The minimum absolute atomic E-state index is 0.754. The molecule has 2 fully saturated rings. The molecule has 0 aromatic heterocycles. The van der Waals surface area contributed by atoms with Gasteiger partial charge in [-0.25, -0.2) is 0 Å². The van der Waals surface area contributed by atoms with Gasteiger partial charge in [-0.2, -0.15) is 0 Å². The maximum Gasteiger partial charge on any atom is 0.150 e. The van der Waals surface area contributed by atoms with E-state index in [-0.39, 0.29) is 0 Å². The smallest absolute Gasteiger partial charge is 0.150 e. The molecule has 0 aliphatic heterocycles. The lowest BCUT2D eigenvalue weighted by molar-refractivity contribution is 0.112. The summed E-state index contributed by atoms with van der Waals surface area (Å²) >= 11 is 0. The summed E-state index contributed by atoms with van der Waals surface area (Å²) in [7, 11) is 0. The molecule has 0 unspecified atom stereocenters. The van der Waals surface area contributed by atoms with Gasteiger partial charge in [0, 0.05) is 5.56 Å². The Hall–Kier alpha value is -1.11. The van der Waals surface area contributed by atoms with Crippen LogP contribution in [-0.2, 0) is 0 Å². The van der Waals surface area contributed by atoms with Gasteiger partial charge in [0.05, 0.1) is 0 Å². The summed E-state index contributed by atoms with van der Waals surface area (Å²) < 4.78 is 0. The molecule has 0 saturated heterocycles. The zero-order valence-corrected chi connectivity index (χ0v) is 11.0. The molecule has 2 aliphatic rings. The highest BCUT2D eigenvalue weighted by molar-refractivity contribution is 5.74. The fourth-order valence-corrected chi connectivity index (χ4v) is 4.17. The Morgan fingerprint density at radius 2 is 1.61 bits per heavy atom. The Bertz CT molecular complexity index is 404. The number of hydrogen-bond acceptors (Lipinski definition) is 1. The lowest BCUT2D eigenvalue weighted by Crippen LogP contribution is -2.29. The predicted octanol–water partition coefficient (Wildman–Crippen LogP) is 4.57. The van der Waals surface area contributed by atoms with Gasteiger partial charge in [-0.05, 0) is 36.2 Å². The molecule has 1 heteroatoms. The van der Waals surface area contributed by atoms with Crippen LogP contribution in [0.5, 0.6) is 0 Å². The maximum absolute atomic E-state index is 10.7. The molecule has 1 aromatic rings. The largest absolute Gasteiger partial charge is 0.298 e. The summed E-state index contributed by atoms with van der Waals surface area (Å²) in [6.45, 7) is 0. The fraction of sp³-hybridized carbons (Fsp3) is 0.588. The number of benzene rings is 1. The minimum Gasteiger partial charge on any atom is -0.298 e. The van der Waals surface area contributed by atoms with Gasteiger partial charge in [-0.3, -0.25) is 4.79 Å². The SMILES string of the molecule is O=Cc1ccc([C@H]2CCC[C@@H]3CCCC[C@H]32)cc1. The van der Waals surface area contributed by atoms with Crippen molar-refractivity contribution in [2.75, 3.05) is 0 Å². The minimum atomic E-state index is 0.754. The third kappa shape index (κ3) is 2.23. The average molecular weight is 242 g/mol. The van der Waals surface area contributed by atoms with Crippen molar-refractivity contribution < 1.29 is 4.79 Å². The van der Waals surface area contributed by atoms with Gasteiger partial charge in [0.2, 0.25) is 0 Å². The average Bonchev–Trinajstić information content (AvgIpc) is 2.47. The van der Waals surface area contributed by atoms with Gasteiger partial charge in [0.1, 0.15) is 6.29 Å². The molecule has 1 nitrogen and oxygen atoms in total. The Balaban J connectivity index is 1.82. The molecule has 0 radical (unpaired) electrons. The number of fused-ring (bicyclic) bond motifs is 1. The molecule has 3 atom stereocenters. The normalized spacial score (nSPS) is 31.7. The van der Waals surface area contributed by atoms with Gasteiger partial charge in [0.25, 0.3) is 0 Å². The standard InChI is InChI=1S/C17H22O/c18-12-13-8-10-15(11-9-13)17-7-3-5-14-4-1-2-6-16(14)17/h8-12,14,16-17H,1-7H2/t14-,16+,17+/m0/s1. The monoisotopic (exact) mass is 242 g/mol. The van der Waals surface area contributed by atoms with E-state index in [0.717, 1.165) is 29.6 Å². The first-order valence-electron chi connectivity index (χ1n) is 7.43. The predicted molar refractivity (Wildman–Crippen MR) is 73.9 cm³/mol. The molecule has 2 aliphatic carbocycles. The van der Waals surface area contributed by atoms with Crippen LogP contribution in [0, 0.1) is 11.8 Å². The van der Waals surface area contributed by atoms with Crippen LogP contribution in [0.4, 0.5) is 0 Å². The van der Waals surface area contributed by atoms with E-state index in [1.807, 2.05) is 12.1 Å². The molecule has 0 heterocycles. The van der Waals surface area contributed by atoms with E-state index in [4.69, 9.17) is 0 Å². The first-order chi connectivity index (χ1) is 8.88. The van der Waals surface area contributed by atoms with Gasteiger partial charge < -0.3 is 0 Å². The van der Waals surface area contributed by atoms with Crippen LogP contribution in [0.3, 0.4) is 0 Å². The van der Waals surface area contributed by atoms with Crippen LogP contribution >= 0.6 is 0 Å². The number of carbonyl (C=O) groups is 1. The molecule has 0 amide bonds. The quantitative estimate of drug-likeness (QED) is 0.694. The summed E-state index contributed by atoms with van der Waals surface area (Å²) in [6, 6.07) is 8.33. The molecule has 2 saturated carbocycles. The molecule has 3 rings (SSSR count). The molecule has 18 heavy (non-hydrogen) atoms. The highest BCUT2D eigenvalue weighted by Gasteiger charge is 2.35. The van der Waals surface area contributed by atoms with Crippen LogP contribution in [0.15, 0.2) is 24.3 Å². The third-order valence-corrected chi connectivity index (χ3v) is 5.08. The summed E-state index contributed by atoms with van der Waals surface area (Å²) in [6.07, 6.45) is 10.9.